The van der Waals surface area contributed by atoms with Gasteiger partial charge in [0.15, 0.2) is 0 Å². The van der Waals surface area contributed by atoms with Gasteiger partial charge in [-0.3, -0.25) is 4.79 Å². The van der Waals surface area contributed by atoms with Crippen LogP contribution in [0.2, 0.25) is 0 Å². The quantitative estimate of drug-likeness (QED) is 0.552. The number of carbonyl (C=O) groups is 2. The molecule has 0 bridgehead atoms. The van der Waals surface area contributed by atoms with E-state index in [1.807, 2.05) is 91.9 Å². The molecule has 3 aromatic carbocycles. The molecule has 1 atom stereocenters. The third-order valence-corrected chi connectivity index (χ3v) is 5.64. The minimum atomic E-state index is -1.07. The van der Waals surface area contributed by atoms with Gasteiger partial charge in [0.25, 0.3) is 0 Å². The van der Waals surface area contributed by atoms with Crippen molar-refractivity contribution in [1.29, 1.82) is 0 Å². The van der Waals surface area contributed by atoms with Crippen molar-refractivity contribution in [3.8, 4) is 0 Å². The highest BCUT2D eigenvalue weighted by atomic mass is 79.9. The fraction of sp³-hybridized carbons (Fsp3) is 0.167. The number of rotatable bonds is 7. The topological polar surface area (TPSA) is 66.4 Å². The van der Waals surface area contributed by atoms with Gasteiger partial charge in [-0.2, -0.15) is 0 Å². The predicted octanol–water partition coefficient (Wildman–Crippen LogP) is 4.57. The first-order chi connectivity index (χ1) is 13.9. The standard InChI is InChI=1S/C24H22BrNO3/c1-24(18-8-4-2-5-9-18,19-10-6-3-7-11-19)23(29)26-21(22(27)28)16-17-12-14-20(25)15-13-17/h2-15,21H,16H2,1H3,(H,26,29)(H,27,28)/t21-/m0/s1. The Morgan fingerprint density at radius 3 is 1.83 bits per heavy atom. The Kier molecular flexibility index (Phi) is 6.49. The first-order valence-electron chi connectivity index (χ1n) is 9.30. The molecule has 0 aliphatic carbocycles. The molecule has 3 aromatic rings. The number of carboxylic acids is 1. The Hall–Kier alpha value is -2.92. The lowest BCUT2D eigenvalue weighted by molar-refractivity contribution is -0.142. The van der Waals surface area contributed by atoms with Crippen LogP contribution in [0.3, 0.4) is 0 Å². The lowest BCUT2D eigenvalue weighted by atomic mass is 9.75. The van der Waals surface area contributed by atoms with Gasteiger partial charge in [-0.05, 0) is 35.7 Å². The van der Waals surface area contributed by atoms with Crippen molar-refractivity contribution in [2.75, 3.05) is 0 Å². The molecule has 0 aliphatic heterocycles. The van der Waals surface area contributed by atoms with Crippen LogP contribution < -0.4 is 5.32 Å². The third-order valence-electron chi connectivity index (χ3n) is 5.11. The van der Waals surface area contributed by atoms with Gasteiger partial charge >= 0.3 is 5.97 Å². The Morgan fingerprint density at radius 2 is 1.38 bits per heavy atom. The minimum Gasteiger partial charge on any atom is -0.480 e. The van der Waals surface area contributed by atoms with Crippen molar-refractivity contribution < 1.29 is 14.7 Å². The monoisotopic (exact) mass is 451 g/mol. The first-order valence-corrected chi connectivity index (χ1v) is 10.1. The molecule has 0 spiro atoms. The molecule has 0 aliphatic rings. The second-order valence-electron chi connectivity index (χ2n) is 7.05. The van der Waals surface area contributed by atoms with E-state index < -0.39 is 17.4 Å². The van der Waals surface area contributed by atoms with E-state index in [-0.39, 0.29) is 12.3 Å². The maximum atomic E-state index is 13.4. The Labute approximate surface area is 178 Å². The van der Waals surface area contributed by atoms with E-state index in [1.165, 1.54) is 0 Å². The van der Waals surface area contributed by atoms with Crippen LogP contribution in [-0.4, -0.2) is 23.0 Å². The average Bonchev–Trinajstić information content (AvgIpc) is 2.75. The largest absolute Gasteiger partial charge is 0.480 e. The molecule has 1 amide bonds. The summed E-state index contributed by atoms with van der Waals surface area (Å²) in [6.07, 6.45) is 0.202. The number of aliphatic carboxylic acids is 1. The van der Waals surface area contributed by atoms with Crippen LogP contribution >= 0.6 is 15.9 Å². The maximum absolute atomic E-state index is 13.4. The molecule has 0 saturated heterocycles. The molecule has 0 heterocycles. The highest BCUT2D eigenvalue weighted by Gasteiger charge is 2.38. The Balaban J connectivity index is 1.92. The molecule has 148 valence electrons. The van der Waals surface area contributed by atoms with E-state index in [0.717, 1.165) is 21.2 Å². The molecule has 3 rings (SSSR count). The zero-order valence-corrected chi connectivity index (χ0v) is 17.6. The van der Waals surface area contributed by atoms with Gasteiger partial charge in [-0.1, -0.05) is 88.7 Å². The zero-order chi connectivity index (χ0) is 20.9. The van der Waals surface area contributed by atoms with E-state index in [4.69, 9.17) is 0 Å². The highest BCUT2D eigenvalue weighted by molar-refractivity contribution is 9.10. The average molecular weight is 452 g/mol. The molecule has 4 nitrogen and oxygen atoms in total. The molecule has 5 heteroatoms. The van der Waals surface area contributed by atoms with Crippen molar-refractivity contribution >= 4 is 27.8 Å². The fourth-order valence-electron chi connectivity index (χ4n) is 3.33. The summed E-state index contributed by atoms with van der Waals surface area (Å²) in [4.78, 5) is 25.3. The number of nitrogens with one attached hydrogen (secondary N) is 1. The van der Waals surface area contributed by atoms with Gasteiger partial charge in [0, 0.05) is 10.9 Å². The van der Waals surface area contributed by atoms with Gasteiger partial charge < -0.3 is 10.4 Å². The van der Waals surface area contributed by atoms with Gasteiger partial charge in [-0.25, -0.2) is 4.79 Å². The number of benzene rings is 3. The lowest BCUT2D eigenvalue weighted by Gasteiger charge is -2.31. The molecule has 0 fully saturated rings. The van der Waals surface area contributed by atoms with Gasteiger partial charge in [0.1, 0.15) is 6.04 Å². The number of amides is 1. The van der Waals surface area contributed by atoms with E-state index in [1.54, 1.807) is 0 Å². The van der Waals surface area contributed by atoms with Crippen molar-refractivity contribution in [3.63, 3.8) is 0 Å². The summed E-state index contributed by atoms with van der Waals surface area (Å²) in [5.41, 5.74) is 1.42. The first kappa shape index (κ1) is 20.8. The van der Waals surface area contributed by atoms with Crippen LogP contribution in [-0.2, 0) is 21.4 Å². The molecule has 0 radical (unpaired) electrons. The van der Waals surface area contributed by atoms with Crippen LogP contribution in [0, 0.1) is 0 Å². The second kappa shape index (κ2) is 9.05. The zero-order valence-electron chi connectivity index (χ0n) is 16.0. The summed E-state index contributed by atoms with van der Waals surface area (Å²) in [7, 11) is 0. The van der Waals surface area contributed by atoms with Gasteiger partial charge in [-0.15, -0.1) is 0 Å². The van der Waals surface area contributed by atoms with Crippen LogP contribution in [0.5, 0.6) is 0 Å². The number of hydrogen-bond acceptors (Lipinski definition) is 2. The highest BCUT2D eigenvalue weighted by Crippen LogP contribution is 2.32. The van der Waals surface area contributed by atoms with Crippen molar-refractivity contribution in [2.45, 2.75) is 24.8 Å². The molecule has 29 heavy (non-hydrogen) atoms. The van der Waals surface area contributed by atoms with Crippen molar-refractivity contribution in [1.82, 2.24) is 5.32 Å². The smallest absolute Gasteiger partial charge is 0.326 e. The third kappa shape index (κ3) is 4.74. The normalized spacial score (nSPS) is 12.2. The van der Waals surface area contributed by atoms with Crippen LogP contribution in [0.25, 0.3) is 0 Å². The minimum absolute atomic E-state index is 0.202. The Morgan fingerprint density at radius 1 is 0.897 bits per heavy atom. The van der Waals surface area contributed by atoms with E-state index in [9.17, 15) is 14.7 Å². The van der Waals surface area contributed by atoms with Crippen LogP contribution in [0.4, 0.5) is 0 Å². The van der Waals surface area contributed by atoms with E-state index >= 15 is 0 Å². The number of hydrogen-bond donors (Lipinski definition) is 2. The maximum Gasteiger partial charge on any atom is 0.326 e. The number of carbonyl (C=O) groups excluding carboxylic acids is 1. The molecule has 0 aromatic heterocycles. The predicted molar refractivity (Wildman–Crippen MR) is 117 cm³/mol. The van der Waals surface area contributed by atoms with Gasteiger partial charge in [0.05, 0.1) is 5.41 Å². The van der Waals surface area contributed by atoms with E-state index in [2.05, 4.69) is 21.2 Å². The van der Waals surface area contributed by atoms with Crippen LogP contribution in [0.1, 0.15) is 23.6 Å². The summed E-state index contributed by atoms with van der Waals surface area (Å²) in [6, 6.07) is 25.2. The summed E-state index contributed by atoms with van der Waals surface area (Å²) >= 11 is 3.37. The molecule has 0 unspecified atom stereocenters. The molecular formula is C24H22BrNO3. The molecule has 2 N–H and O–H groups in total. The summed E-state index contributed by atoms with van der Waals surface area (Å²) < 4.78 is 0.915. The van der Waals surface area contributed by atoms with E-state index in [0.29, 0.717) is 0 Å². The summed E-state index contributed by atoms with van der Waals surface area (Å²) in [6.45, 7) is 1.82. The summed E-state index contributed by atoms with van der Waals surface area (Å²) in [5.74, 6) is -1.41. The van der Waals surface area contributed by atoms with Crippen LogP contribution in [0.15, 0.2) is 89.4 Å². The molecular weight excluding hydrogens is 430 g/mol. The molecule has 0 saturated carbocycles. The van der Waals surface area contributed by atoms with Gasteiger partial charge in [0.2, 0.25) is 5.91 Å². The fourth-order valence-corrected chi connectivity index (χ4v) is 3.60. The second-order valence-corrected chi connectivity index (χ2v) is 7.97. The summed E-state index contributed by atoms with van der Waals surface area (Å²) in [5, 5.41) is 12.5. The SMILES string of the molecule is CC(C(=O)N[C@@H](Cc1ccc(Br)cc1)C(=O)O)(c1ccccc1)c1ccccc1. The number of carboxylic acid groups (broad SMARTS) is 1. The Bertz CT molecular complexity index is 933. The number of halogens is 1. The lowest BCUT2D eigenvalue weighted by Crippen LogP contribution is -2.50. The van der Waals surface area contributed by atoms with Crippen molar-refractivity contribution in [3.05, 3.63) is 106 Å². The van der Waals surface area contributed by atoms with Crippen molar-refractivity contribution in [2.24, 2.45) is 0 Å².